The first-order valence-corrected chi connectivity index (χ1v) is 41.8. The van der Waals surface area contributed by atoms with Gasteiger partial charge in [0.1, 0.15) is 19.3 Å². The van der Waals surface area contributed by atoms with Crippen molar-refractivity contribution >= 4 is 39.5 Å². The molecule has 0 aliphatic carbocycles. The first-order chi connectivity index (χ1) is 48.7. The van der Waals surface area contributed by atoms with Crippen LogP contribution in [0.2, 0.25) is 0 Å². The number of aliphatic hydroxyl groups is 1. The van der Waals surface area contributed by atoms with Gasteiger partial charge in [-0.05, 0) is 128 Å². The van der Waals surface area contributed by atoms with E-state index >= 15 is 0 Å². The lowest BCUT2D eigenvalue weighted by atomic mass is 10.0. The summed E-state index contributed by atoms with van der Waals surface area (Å²) in [6.07, 6.45) is 79.0. The number of unbranched alkanes of at least 4 members (excludes halogenated alkanes) is 26. The third kappa shape index (κ3) is 71.8. The largest absolute Gasteiger partial charge is 0.472 e. The Bertz CT molecular complexity index is 2370. The van der Waals surface area contributed by atoms with Gasteiger partial charge in [-0.1, -0.05) is 278 Å². The van der Waals surface area contributed by atoms with Crippen LogP contribution in [0.1, 0.15) is 310 Å². The number of phosphoric acid groups is 2. The smallest absolute Gasteiger partial charge is 0.462 e. The Balaban J connectivity index is 5.39. The van der Waals surface area contributed by atoms with E-state index < -0.39 is 97.5 Å². The van der Waals surface area contributed by atoms with Crippen LogP contribution in [0.5, 0.6) is 0 Å². The minimum atomic E-state index is -4.99. The molecule has 0 aromatic carbocycles. The third-order valence-corrected chi connectivity index (χ3v) is 17.8. The molecule has 0 aliphatic heterocycles. The van der Waals surface area contributed by atoms with E-state index in [0.717, 1.165) is 173 Å². The fourth-order valence-corrected chi connectivity index (χ4v) is 11.7. The van der Waals surface area contributed by atoms with Crippen LogP contribution in [0, 0.1) is 0 Å². The van der Waals surface area contributed by atoms with Crippen molar-refractivity contribution < 1.29 is 80.2 Å². The highest BCUT2D eigenvalue weighted by molar-refractivity contribution is 7.47. The zero-order valence-electron chi connectivity index (χ0n) is 62.6. The Labute approximate surface area is 606 Å². The fraction of sp³-hybridized carbons (Fsp3) is 0.704. The van der Waals surface area contributed by atoms with Crippen molar-refractivity contribution in [3.05, 3.63) is 122 Å². The summed E-state index contributed by atoms with van der Waals surface area (Å²) >= 11 is 0. The Morgan fingerprint density at radius 3 is 0.820 bits per heavy atom. The number of ether oxygens (including phenoxy) is 4. The molecule has 19 heteroatoms. The van der Waals surface area contributed by atoms with E-state index in [1.54, 1.807) is 0 Å². The lowest BCUT2D eigenvalue weighted by Gasteiger charge is -2.21. The van der Waals surface area contributed by atoms with Gasteiger partial charge in [0.2, 0.25) is 0 Å². The zero-order chi connectivity index (χ0) is 73.2. The number of carbonyl (C=O) groups excluding carboxylic acids is 4. The molecule has 0 bridgehead atoms. The van der Waals surface area contributed by atoms with Crippen molar-refractivity contribution in [1.29, 1.82) is 0 Å². The maximum Gasteiger partial charge on any atom is 0.472 e. The number of phosphoric ester groups is 2. The van der Waals surface area contributed by atoms with Crippen molar-refractivity contribution in [2.75, 3.05) is 39.6 Å². The maximum atomic E-state index is 13.1. The van der Waals surface area contributed by atoms with E-state index in [2.05, 4.69) is 149 Å². The molecule has 3 N–H and O–H groups in total. The van der Waals surface area contributed by atoms with E-state index in [-0.39, 0.29) is 25.7 Å². The van der Waals surface area contributed by atoms with Gasteiger partial charge in [0, 0.05) is 25.7 Å². The summed E-state index contributed by atoms with van der Waals surface area (Å²) in [6.45, 7) is 4.47. The Morgan fingerprint density at radius 1 is 0.290 bits per heavy atom. The maximum absolute atomic E-state index is 13.1. The van der Waals surface area contributed by atoms with E-state index in [1.807, 2.05) is 0 Å². The molecule has 0 rings (SSSR count). The molecule has 17 nitrogen and oxygen atoms in total. The molecule has 0 aromatic heterocycles. The van der Waals surface area contributed by atoms with Crippen LogP contribution < -0.4 is 0 Å². The van der Waals surface area contributed by atoms with Crippen molar-refractivity contribution in [3.8, 4) is 0 Å². The molecule has 0 amide bonds. The van der Waals surface area contributed by atoms with Gasteiger partial charge in [0.25, 0.3) is 0 Å². The molecule has 0 radical (unpaired) electrons. The minimum absolute atomic E-state index is 0.0384. The number of hydrogen-bond donors (Lipinski definition) is 3. The predicted octanol–water partition coefficient (Wildman–Crippen LogP) is 22.3. The lowest BCUT2D eigenvalue weighted by molar-refractivity contribution is -0.161. The quantitative estimate of drug-likeness (QED) is 0.0169. The second-order valence-electron chi connectivity index (χ2n) is 25.5. The molecule has 574 valence electrons. The van der Waals surface area contributed by atoms with Crippen LogP contribution in [0.25, 0.3) is 0 Å². The standard InChI is InChI=1S/C81H138O17P2/c1-5-9-13-17-21-25-29-33-36-37-40-43-46-50-54-58-62-66-79(84)92-72-77(98-81(86)68-64-60-56-52-48-44-39-35-31-27-23-19-15-11-7-3)74-96-100(89,90)94-70-75(82)69-93-99(87,88)95-73-76(97-80(85)67-63-59-55-51-47-41-32-28-24-20-16-12-8-4)71-91-78(83)65-61-57-53-49-45-42-38-34-30-26-22-18-14-10-6-2/h9-11,13-15,21-23,25-27,33-36,38-39,48,52,75-77,82H,5-8,12,16-20,24,28-32,37,40-47,49-51,53-74H2,1-4H3,(H,87,88)(H,89,90)/b13-9-,14-10-,15-11-,25-21-,26-22-,27-23-,36-33-,38-34-,39-35-,52-48-. The number of hydrogen-bond acceptors (Lipinski definition) is 15. The van der Waals surface area contributed by atoms with Gasteiger partial charge in [-0.2, -0.15) is 0 Å². The normalized spacial score (nSPS) is 14.6. The summed E-state index contributed by atoms with van der Waals surface area (Å²) in [6, 6.07) is 0. The molecule has 0 aromatic rings. The first kappa shape index (κ1) is 95.5. The third-order valence-electron chi connectivity index (χ3n) is 15.9. The van der Waals surface area contributed by atoms with E-state index in [1.165, 1.54) is 51.4 Å². The van der Waals surface area contributed by atoms with E-state index in [0.29, 0.717) is 32.1 Å². The van der Waals surface area contributed by atoms with Gasteiger partial charge < -0.3 is 33.8 Å². The SMILES string of the molecule is CC/C=C\C/C=C\C/C=C\C/C=C\CCCCC(=O)OC(COC(=O)CCCCCCCCC/C=C\C/C=C\C/C=C\CC)COP(=O)(O)OCC(O)COP(=O)(O)OCC(COC(=O)CCCCCCC/C=C\C/C=C\C/C=C\CC)OC(=O)CCCCCCCCCCCCCCC. The molecule has 0 aliphatic rings. The summed E-state index contributed by atoms with van der Waals surface area (Å²) in [4.78, 5) is 72.9. The molecule has 100 heavy (non-hydrogen) atoms. The van der Waals surface area contributed by atoms with Crippen LogP contribution in [-0.2, 0) is 65.4 Å². The predicted molar refractivity (Wildman–Crippen MR) is 408 cm³/mol. The van der Waals surface area contributed by atoms with Crippen LogP contribution in [0.4, 0.5) is 0 Å². The highest BCUT2D eigenvalue weighted by atomic mass is 31.2. The molecule has 0 saturated heterocycles. The summed E-state index contributed by atoms with van der Waals surface area (Å²) < 4.78 is 68.5. The van der Waals surface area contributed by atoms with E-state index in [9.17, 15) is 43.2 Å². The summed E-state index contributed by atoms with van der Waals surface area (Å²) in [7, 11) is -9.97. The first-order valence-electron chi connectivity index (χ1n) is 38.8. The molecule has 0 spiro atoms. The summed E-state index contributed by atoms with van der Waals surface area (Å²) in [5.74, 6) is -2.24. The number of esters is 4. The number of allylic oxidation sites excluding steroid dienone is 20. The minimum Gasteiger partial charge on any atom is -0.462 e. The average molecular weight is 1450 g/mol. The molecular formula is C81H138O17P2. The molecule has 5 atom stereocenters. The summed E-state index contributed by atoms with van der Waals surface area (Å²) in [5, 5.41) is 10.6. The van der Waals surface area contributed by atoms with Crippen molar-refractivity contribution in [3.63, 3.8) is 0 Å². The zero-order valence-corrected chi connectivity index (χ0v) is 64.4. The van der Waals surface area contributed by atoms with Crippen LogP contribution in [0.15, 0.2) is 122 Å². The molecule has 0 heterocycles. The second kappa shape index (κ2) is 72.8. The van der Waals surface area contributed by atoms with Gasteiger partial charge in [-0.15, -0.1) is 0 Å². The fourth-order valence-electron chi connectivity index (χ4n) is 10.1. The van der Waals surface area contributed by atoms with Gasteiger partial charge >= 0.3 is 39.5 Å². The summed E-state index contributed by atoms with van der Waals surface area (Å²) in [5.41, 5.74) is 0. The molecule has 0 fully saturated rings. The second-order valence-corrected chi connectivity index (χ2v) is 28.4. The lowest BCUT2D eigenvalue weighted by Crippen LogP contribution is -2.30. The van der Waals surface area contributed by atoms with Crippen LogP contribution in [0.3, 0.4) is 0 Å². The Kier molecular flexibility index (Phi) is 69.5. The van der Waals surface area contributed by atoms with Crippen molar-refractivity contribution in [1.82, 2.24) is 0 Å². The van der Waals surface area contributed by atoms with Crippen LogP contribution in [-0.4, -0.2) is 96.7 Å². The number of carbonyl (C=O) groups is 4. The molecule has 5 unspecified atom stereocenters. The Hall–Kier alpha value is -4.54. The number of rotatable bonds is 72. The topological polar surface area (TPSA) is 237 Å². The van der Waals surface area contributed by atoms with Gasteiger partial charge in [-0.25, -0.2) is 9.13 Å². The monoisotopic (exact) mass is 1440 g/mol. The average Bonchev–Trinajstić information content (AvgIpc) is 0.932. The Morgan fingerprint density at radius 2 is 0.520 bits per heavy atom. The molecule has 0 saturated carbocycles. The van der Waals surface area contributed by atoms with Gasteiger partial charge in [0.15, 0.2) is 12.2 Å². The van der Waals surface area contributed by atoms with Gasteiger partial charge in [0.05, 0.1) is 26.4 Å². The highest BCUT2D eigenvalue weighted by Crippen LogP contribution is 2.45. The highest BCUT2D eigenvalue weighted by Gasteiger charge is 2.30. The number of aliphatic hydroxyl groups excluding tert-OH is 1. The van der Waals surface area contributed by atoms with Crippen LogP contribution >= 0.6 is 15.6 Å². The van der Waals surface area contributed by atoms with Crippen molar-refractivity contribution in [2.45, 2.75) is 329 Å². The van der Waals surface area contributed by atoms with Crippen molar-refractivity contribution in [2.24, 2.45) is 0 Å². The van der Waals surface area contributed by atoms with Gasteiger partial charge in [-0.3, -0.25) is 37.3 Å². The molecular weight excluding hydrogens is 1310 g/mol. The van der Waals surface area contributed by atoms with E-state index in [4.69, 9.17) is 37.0 Å².